The van der Waals surface area contributed by atoms with Gasteiger partial charge in [-0.2, -0.15) is 0 Å². The van der Waals surface area contributed by atoms with Gasteiger partial charge in [0.25, 0.3) is 0 Å². The summed E-state index contributed by atoms with van der Waals surface area (Å²) in [5, 5.41) is 0. The molecule has 1 aliphatic rings. The number of ether oxygens (including phenoxy) is 1. The fourth-order valence-electron chi connectivity index (χ4n) is 9.79. The van der Waals surface area contributed by atoms with Crippen molar-refractivity contribution in [2.24, 2.45) is 0 Å². The molecule has 0 amide bonds. The summed E-state index contributed by atoms with van der Waals surface area (Å²) in [5.74, 6) is 1.23. The molecule has 1 aliphatic heterocycles. The number of fused-ring (bicyclic) bond motifs is 3. The number of thiophene rings is 2. The van der Waals surface area contributed by atoms with E-state index in [9.17, 15) is 0 Å². The van der Waals surface area contributed by atoms with Crippen molar-refractivity contribution in [3.8, 4) is 15.5 Å². The Labute approximate surface area is 363 Å². The maximum atomic E-state index is 7.49. The van der Waals surface area contributed by atoms with Crippen LogP contribution in [0.2, 0.25) is 13.3 Å². The normalized spacial score (nSPS) is 13.6. The van der Waals surface area contributed by atoms with Gasteiger partial charge in [0.05, 0.1) is 0 Å². The van der Waals surface area contributed by atoms with Crippen molar-refractivity contribution in [2.45, 2.75) is 279 Å². The third kappa shape index (κ3) is 17.9. The number of aryl methyl sites for hydroxylation is 1. The molecule has 0 radical (unpaired) electrons. The molecule has 0 aliphatic carbocycles. The molecule has 0 atom stereocenters. The first kappa shape index (κ1) is 50.4. The van der Waals surface area contributed by atoms with E-state index >= 15 is 0 Å². The average molecular weight is 918 g/mol. The van der Waals surface area contributed by atoms with Gasteiger partial charge in [-0.25, -0.2) is 0 Å². The van der Waals surface area contributed by atoms with Gasteiger partial charge in [0.2, 0.25) is 0 Å². The van der Waals surface area contributed by atoms with Gasteiger partial charge in [0.1, 0.15) is 0 Å². The van der Waals surface area contributed by atoms with Crippen LogP contribution in [0.1, 0.15) is 263 Å². The summed E-state index contributed by atoms with van der Waals surface area (Å²) in [6.45, 7) is 14.3. The Kier molecular flexibility index (Phi) is 27.8. The van der Waals surface area contributed by atoms with E-state index in [2.05, 4.69) is 65.0 Å². The summed E-state index contributed by atoms with van der Waals surface area (Å²) in [6, 6.07) is 5.27. The molecule has 2 aromatic heterocycles. The second-order valence-electron chi connectivity index (χ2n) is 18.6. The second-order valence-corrected chi connectivity index (χ2v) is 35.0. The van der Waals surface area contributed by atoms with Crippen molar-refractivity contribution in [2.75, 3.05) is 0 Å². The van der Waals surface area contributed by atoms with Gasteiger partial charge in [-0.15, -0.1) is 0 Å². The number of hydrogen-bond acceptors (Lipinski definition) is 3. The Bertz CT molecular complexity index is 1180. The van der Waals surface area contributed by atoms with E-state index < -0.39 is 18.4 Å². The van der Waals surface area contributed by atoms with Gasteiger partial charge in [0, 0.05) is 0 Å². The molecule has 0 N–H and O–H groups in total. The fourth-order valence-corrected chi connectivity index (χ4v) is 31.2. The molecule has 0 spiro atoms. The fraction of sp³-hybridized carbons (Fsp3) is 0.846. The third-order valence-corrected chi connectivity index (χ3v) is 34.0. The molecule has 0 saturated heterocycles. The number of rotatable bonds is 38. The third-order valence-electron chi connectivity index (χ3n) is 13.5. The van der Waals surface area contributed by atoms with Crippen LogP contribution in [0.5, 0.6) is 5.75 Å². The van der Waals surface area contributed by atoms with Crippen LogP contribution in [-0.4, -0.2) is 18.4 Å². The van der Waals surface area contributed by atoms with Gasteiger partial charge in [-0.1, -0.05) is 90.9 Å². The number of hydrogen-bond donors (Lipinski definition) is 0. The van der Waals surface area contributed by atoms with Crippen LogP contribution in [0.4, 0.5) is 0 Å². The van der Waals surface area contributed by atoms with Crippen molar-refractivity contribution in [1.82, 2.24) is 0 Å². The van der Waals surface area contributed by atoms with Crippen molar-refractivity contribution in [3.63, 3.8) is 0 Å². The molecule has 0 bridgehead atoms. The molecule has 1 nitrogen and oxygen atoms in total. The zero-order valence-corrected chi connectivity index (χ0v) is 43.0. The van der Waals surface area contributed by atoms with E-state index in [1.165, 1.54) is 234 Å². The second kappa shape index (κ2) is 30.9. The first-order valence-electron chi connectivity index (χ1n) is 25.4. The van der Waals surface area contributed by atoms with Crippen LogP contribution in [0.25, 0.3) is 9.75 Å². The Morgan fingerprint density at radius 1 is 0.429 bits per heavy atom. The molecule has 0 saturated carbocycles. The van der Waals surface area contributed by atoms with E-state index in [1.807, 2.05) is 14.2 Å². The summed E-state index contributed by atoms with van der Waals surface area (Å²) in [5.41, 5.74) is 1.52. The quantitative estimate of drug-likeness (QED) is 0.0482. The molecule has 0 fully saturated rings. The van der Waals surface area contributed by atoms with Crippen LogP contribution >= 0.6 is 22.7 Å². The summed E-state index contributed by atoms with van der Waals surface area (Å²) in [4.78, 5) is 4.54. The van der Waals surface area contributed by atoms with Crippen LogP contribution in [0.3, 0.4) is 0 Å². The van der Waals surface area contributed by atoms with Crippen LogP contribution in [0, 0.1) is 6.92 Å². The molecule has 4 heteroatoms. The predicted octanol–water partition coefficient (Wildman–Crippen LogP) is 19.4. The standard InChI is InChI=1S/C40H67OS2.3C4H9.Sn/c1-4-6-8-10-12-14-16-18-20-22-24-26-28-31-40(32-29-27-25-23-21-19-17-15-13-11-9-7-5-2)36-30-33-42-38(36)39-37(41-40)34-35(3)43-39;3*1-3-4-2;/h30,34H,4-29,31-32H2,1-3H3;3*1,3-4H2,2H3;. The topological polar surface area (TPSA) is 9.23 Å². The van der Waals surface area contributed by atoms with Crippen molar-refractivity contribution in [1.29, 1.82) is 0 Å². The van der Waals surface area contributed by atoms with Crippen molar-refractivity contribution < 1.29 is 4.74 Å². The Hall–Kier alpha value is -0.00130. The summed E-state index contributed by atoms with van der Waals surface area (Å²) < 4.78 is 14.1. The summed E-state index contributed by atoms with van der Waals surface area (Å²) in [7, 11) is 0. The van der Waals surface area contributed by atoms with Gasteiger partial charge < -0.3 is 0 Å². The SMILES string of the molecule is CCCCCCCCCCCCCCCC1(CCCCCCCCCCCCCCC)Oc2cc(C)sc2-c2s[c]([Sn]([CH2]CCC)([CH2]CCC)[CH2]CCC)cc21. The van der Waals surface area contributed by atoms with E-state index in [-0.39, 0.29) is 5.60 Å². The predicted molar refractivity (Wildman–Crippen MR) is 260 cm³/mol. The summed E-state index contributed by atoms with van der Waals surface area (Å²) in [6.07, 6.45) is 47.7. The number of unbranched alkanes of at least 4 members (excludes halogenated alkanes) is 27. The van der Waals surface area contributed by atoms with E-state index in [1.54, 1.807) is 23.8 Å². The molecule has 56 heavy (non-hydrogen) atoms. The molecular formula is C52H94OS2Sn. The first-order valence-corrected chi connectivity index (χ1v) is 34.5. The zero-order chi connectivity index (χ0) is 40.2. The Balaban J connectivity index is 1.71. The van der Waals surface area contributed by atoms with Gasteiger partial charge >= 0.3 is 275 Å². The average Bonchev–Trinajstić information content (AvgIpc) is 3.83. The molecule has 0 aromatic carbocycles. The Morgan fingerprint density at radius 3 is 1.16 bits per heavy atom. The van der Waals surface area contributed by atoms with Gasteiger partial charge in [0.15, 0.2) is 0 Å². The first-order chi connectivity index (χ1) is 27.5. The van der Waals surface area contributed by atoms with Gasteiger partial charge in [-0.05, 0) is 0 Å². The van der Waals surface area contributed by atoms with Crippen molar-refractivity contribution >= 4 is 43.9 Å². The van der Waals surface area contributed by atoms with Crippen LogP contribution in [0.15, 0.2) is 12.1 Å². The minimum absolute atomic E-state index is 0.127. The molecule has 3 heterocycles. The minimum atomic E-state index is -2.59. The van der Waals surface area contributed by atoms with E-state index in [0.29, 0.717) is 0 Å². The zero-order valence-electron chi connectivity index (χ0n) is 38.5. The Morgan fingerprint density at radius 2 is 0.786 bits per heavy atom. The molecule has 3 rings (SSSR count). The monoisotopic (exact) mass is 919 g/mol. The maximum absolute atomic E-state index is 7.49. The van der Waals surface area contributed by atoms with E-state index in [0.717, 1.165) is 0 Å². The molecule has 2 aromatic rings. The molecule has 324 valence electrons. The van der Waals surface area contributed by atoms with Crippen LogP contribution < -0.4 is 7.63 Å². The molecular weight excluding hydrogens is 823 g/mol. The molecule has 0 unspecified atom stereocenters. The van der Waals surface area contributed by atoms with Crippen LogP contribution in [-0.2, 0) is 5.60 Å². The van der Waals surface area contributed by atoms with E-state index in [4.69, 9.17) is 4.74 Å². The van der Waals surface area contributed by atoms with Crippen molar-refractivity contribution in [3.05, 3.63) is 22.6 Å². The van der Waals surface area contributed by atoms with Gasteiger partial charge in [-0.3, -0.25) is 0 Å². The summed E-state index contributed by atoms with van der Waals surface area (Å²) >= 11 is 1.72.